The highest BCUT2D eigenvalue weighted by Crippen LogP contribution is 2.25. The highest BCUT2D eigenvalue weighted by atomic mass is 16.5. The molecule has 1 aromatic heterocycles. The Labute approximate surface area is 155 Å². The Morgan fingerprint density at radius 3 is 2.59 bits per heavy atom. The number of nitrogens with one attached hydrogen (secondary N) is 2. The second kappa shape index (κ2) is 8.18. The van der Waals surface area contributed by atoms with Crippen LogP contribution in [0.5, 0.6) is 5.75 Å². The van der Waals surface area contributed by atoms with Crippen molar-refractivity contribution < 1.29 is 9.53 Å². The number of hydrogen-bond acceptors (Lipinski definition) is 4. The molecule has 0 unspecified atom stereocenters. The van der Waals surface area contributed by atoms with Crippen molar-refractivity contribution >= 4 is 11.6 Å². The van der Waals surface area contributed by atoms with Gasteiger partial charge in [-0.25, -0.2) is 4.79 Å². The number of H-pyrrole nitrogens is 1. The number of amides is 1. The fourth-order valence-corrected chi connectivity index (χ4v) is 2.73. The van der Waals surface area contributed by atoms with Gasteiger partial charge in [-0.2, -0.15) is 0 Å². The Morgan fingerprint density at radius 1 is 1.11 bits per heavy atom. The summed E-state index contributed by atoms with van der Waals surface area (Å²) in [5.74, 6) is 0.355. The molecule has 0 bridgehead atoms. The average Bonchev–Trinajstić information content (AvgIpc) is 2.65. The van der Waals surface area contributed by atoms with Crippen LogP contribution in [0.1, 0.15) is 11.1 Å². The van der Waals surface area contributed by atoms with E-state index in [1.54, 1.807) is 19.2 Å². The summed E-state index contributed by atoms with van der Waals surface area (Å²) in [5, 5.41) is 2.76. The van der Waals surface area contributed by atoms with E-state index >= 15 is 0 Å². The molecule has 0 spiro atoms. The summed E-state index contributed by atoms with van der Waals surface area (Å²) in [6.45, 7) is -0.199. The summed E-state index contributed by atoms with van der Waals surface area (Å²) in [7, 11) is 1.60. The Kier molecular flexibility index (Phi) is 5.51. The molecule has 0 atom stereocenters. The van der Waals surface area contributed by atoms with Crippen molar-refractivity contribution in [2.45, 2.75) is 13.0 Å². The minimum Gasteiger partial charge on any atom is -0.496 e. The number of anilines is 1. The van der Waals surface area contributed by atoms with Gasteiger partial charge in [-0.15, -0.1) is 0 Å². The molecule has 27 heavy (non-hydrogen) atoms. The number of aromatic amines is 1. The van der Waals surface area contributed by atoms with Crippen LogP contribution in [0.3, 0.4) is 0 Å². The smallest absolute Gasteiger partial charge is 0.328 e. The van der Waals surface area contributed by atoms with Crippen LogP contribution in [-0.2, 0) is 17.8 Å². The Morgan fingerprint density at radius 2 is 1.89 bits per heavy atom. The zero-order valence-corrected chi connectivity index (χ0v) is 14.8. The zero-order chi connectivity index (χ0) is 19.2. The van der Waals surface area contributed by atoms with Crippen LogP contribution in [0, 0.1) is 0 Å². The van der Waals surface area contributed by atoms with Crippen LogP contribution in [0.2, 0.25) is 0 Å². The summed E-state index contributed by atoms with van der Waals surface area (Å²) >= 11 is 0. The zero-order valence-electron chi connectivity index (χ0n) is 14.8. The van der Waals surface area contributed by atoms with Crippen molar-refractivity contribution in [3.8, 4) is 5.75 Å². The number of rotatable bonds is 6. The van der Waals surface area contributed by atoms with Gasteiger partial charge in [-0.05, 0) is 23.8 Å². The topological polar surface area (TPSA) is 93.2 Å². The van der Waals surface area contributed by atoms with Gasteiger partial charge in [0.25, 0.3) is 5.56 Å². The molecule has 7 heteroatoms. The van der Waals surface area contributed by atoms with E-state index in [9.17, 15) is 14.4 Å². The summed E-state index contributed by atoms with van der Waals surface area (Å²) < 4.78 is 6.54. The summed E-state index contributed by atoms with van der Waals surface area (Å²) in [5.41, 5.74) is 1.53. The Bertz CT molecular complexity index is 1050. The van der Waals surface area contributed by atoms with Gasteiger partial charge in [0.1, 0.15) is 12.3 Å². The van der Waals surface area contributed by atoms with Gasteiger partial charge in [-0.1, -0.05) is 30.3 Å². The molecule has 2 aromatic carbocycles. The summed E-state index contributed by atoms with van der Waals surface area (Å²) in [4.78, 5) is 37.1. The normalized spacial score (nSPS) is 10.4. The molecular formula is C20H19N3O4. The molecule has 0 saturated carbocycles. The predicted octanol–water partition coefficient (Wildman–Crippen LogP) is 1.77. The number of aromatic nitrogens is 2. The van der Waals surface area contributed by atoms with Crippen LogP contribution in [0.25, 0.3) is 0 Å². The molecule has 3 rings (SSSR count). The van der Waals surface area contributed by atoms with Crippen molar-refractivity contribution in [1.82, 2.24) is 9.55 Å². The number of methoxy groups -OCH3 is 1. The number of benzene rings is 2. The molecule has 0 aliphatic carbocycles. The Balaban J connectivity index is 1.76. The van der Waals surface area contributed by atoms with Crippen molar-refractivity contribution in [3.05, 3.63) is 92.8 Å². The minimum atomic E-state index is -0.628. The number of nitrogens with zero attached hydrogens (tertiary/aromatic N) is 1. The lowest BCUT2D eigenvalue weighted by molar-refractivity contribution is -0.116. The molecule has 0 radical (unpaired) electrons. The fourth-order valence-electron chi connectivity index (χ4n) is 2.73. The van der Waals surface area contributed by atoms with E-state index in [-0.39, 0.29) is 12.5 Å². The maximum atomic E-state index is 12.2. The van der Waals surface area contributed by atoms with E-state index in [1.807, 2.05) is 36.4 Å². The highest BCUT2D eigenvalue weighted by molar-refractivity contribution is 5.90. The molecule has 0 fully saturated rings. The van der Waals surface area contributed by atoms with E-state index in [4.69, 9.17) is 4.74 Å². The van der Waals surface area contributed by atoms with Crippen molar-refractivity contribution in [2.24, 2.45) is 0 Å². The molecule has 138 valence electrons. The fraction of sp³-hybridized carbons (Fsp3) is 0.150. The first-order chi connectivity index (χ1) is 13.0. The van der Waals surface area contributed by atoms with Gasteiger partial charge in [0.15, 0.2) is 0 Å². The monoisotopic (exact) mass is 365 g/mol. The highest BCUT2D eigenvalue weighted by Gasteiger charge is 2.09. The molecule has 2 N–H and O–H groups in total. The lowest BCUT2D eigenvalue weighted by Gasteiger charge is -2.12. The molecule has 3 aromatic rings. The van der Waals surface area contributed by atoms with E-state index in [0.29, 0.717) is 12.1 Å². The van der Waals surface area contributed by atoms with Crippen LogP contribution < -0.4 is 21.3 Å². The third kappa shape index (κ3) is 4.72. The average molecular weight is 365 g/mol. The number of hydrogen-bond donors (Lipinski definition) is 2. The molecule has 0 saturated heterocycles. The van der Waals surface area contributed by atoms with Crippen LogP contribution in [0.4, 0.5) is 5.69 Å². The number of carbonyl (C=O) groups is 1. The molecule has 1 amide bonds. The van der Waals surface area contributed by atoms with Crippen molar-refractivity contribution in [2.75, 3.05) is 12.4 Å². The predicted molar refractivity (Wildman–Crippen MR) is 102 cm³/mol. The number of carbonyl (C=O) groups excluding carboxylic acids is 1. The first kappa shape index (κ1) is 18.2. The molecule has 7 nitrogen and oxygen atoms in total. The molecular weight excluding hydrogens is 346 g/mol. The van der Waals surface area contributed by atoms with E-state index in [1.165, 1.54) is 12.3 Å². The quantitative estimate of drug-likeness (QED) is 0.696. The number of ether oxygens (including phenoxy) is 1. The van der Waals surface area contributed by atoms with E-state index in [2.05, 4.69) is 10.3 Å². The van der Waals surface area contributed by atoms with Gasteiger partial charge >= 0.3 is 5.69 Å². The maximum Gasteiger partial charge on any atom is 0.328 e. The Hall–Kier alpha value is -3.61. The third-order valence-corrected chi connectivity index (χ3v) is 4.01. The van der Waals surface area contributed by atoms with Crippen LogP contribution >= 0.6 is 0 Å². The standard InChI is InChI=1S/C20H19N3O4/c1-27-17-8-7-16(12-15(17)11-14-5-3-2-4-6-14)21-19(25)13-23-10-9-18(24)22-20(23)26/h2-10,12H,11,13H2,1H3,(H,21,25)(H,22,24,26). The van der Waals surface area contributed by atoms with Crippen molar-refractivity contribution in [3.63, 3.8) is 0 Å². The third-order valence-electron chi connectivity index (χ3n) is 4.01. The SMILES string of the molecule is COc1ccc(NC(=O)Cn2ccc(=O)[nH]c2=O)cc1Cc1ccccc1. The molecule has 0 aliphatic heterocycles. The summed E-state index contributed by atoms with van der Waals surface area (Å²) in [6, 6.07) is 16.5. The van der Waals surface area contributed by atoms with E-state index in [0.717, 1.165) is 21.4 Å². The molecule has 0 aliphatic rings. The van der Waals surface area contributed by atoms with E-state index < -0.39 is 11.2 Å². The second-order valence-electron chi connectivity index (χ2n) is 5.98. The van der Waals surface area contributed by atoms with Gasteiger partial charge in [0, 0.05) is 29.9 Å². The van der Waals surface area contributed by atoms with Gasteiger partial charge < -0.3 is 10.1 Å². The first-order valence-corrected chi connectivity index (χ1v) is 8.35. The largest absolute Gasteiger partial charge is 0.496 e. The van der Waals surface area contributed by atoms with Gasteiger partial charge in [0.2, 0.25) is 5.91 Å². The second-order valence-corrected chi connectivity index (χ2v) is 5.98. The van der Waals surface area contributed by atoms with Gasteiger partial charge in [0.05, 0.1) is 7.11 Å². The van der Waals surface area contributed by atoms with Gasteiger partial charge in [-0.3, -0.25) is 19.1 Å². The molecule has 1 heterocycles. The van der Waals surface area contributed by atoms with Crippen LogP contribution in [-0.4, -0.2) is 22.6 Å². The lowest BCUT2D eigenvalue weighted by atomic mass is 10.0. The first-order valence-electron chi connectivity index (χ1n) is 8.35. The van der Waals surface area contributed by atoms with Crippen LogP contribution in [0.15, 0.2) is 70.4 Å². The van der Waals surface area contributed by atoms with Crippen molar-refractivity contribution in [1.29, 1.82) is 0 Å². The lowest BCUT2D eigenvalue weighted by Crippen LogP contribution is -2.32. The summed E-state index contributed by atoms with van der Waals surface area (Å²) in [6.07, 6.45) is 1.95. The minimum absolute atomic E-state index is 0.199. The maximum absolute atomic E-state index is 12.2.